The van der Waals surface area contributed by atoms with Crippen molar-refractivity contribution < 1.29 is 17.6 Å². The molecule has 2 aliphatic carbocycles. The summed E-state index contributed by atoms with van der Waals surface area (Å²) in [6, 6.07) is 14.9. The van der Waals surface area contributed by atoms with Crippen molar-refractivity contribution in [3.05, 3.63) is 65.2 Å². The highest BCUT2D eigenvalue weighted by Gasteiger charge is 2.71. The number of para-hydroxylation sites is 2. The first-order valence-electron chi connectivity index (χ1n) is 14.0. The van der Waals surface area contributed by atoms with Crippen LogP contribution in [0.25, 0.3) is 0 Å². The van der Waals surface area contributed by atoms with Gasteiger partial charge in [-0.1, -0.05) is 36.4 Å². The molecular weight excluding hydrogens is 487 g/mol. The van der Waals surface area contributed by atoms with E-state index < -0.39 is 22.9 Å². The first kappa shape index (κ1) is 21.9. The van der Waals surface area contributed by atoms with Crippen LogP contribution in [0.5, 0.6) is 0 Å². The van der Waals surface area contributed by atoms with E-state index >= 15 is 17.6 Å². The zero-order valence-electron chi connectivity index (χ0n) is 21.3. The molecule has 4 atom stereocenters. The summed E-state index contributed by atoms with van der Waals surface area (Å²) < 4.78 is 68.5. The van der Waals surface area contributed by atoms with Gasteiger partial charge in [-0.05, 0) is 79.5 Å². The maximum Gasteiger partial charge on any atom is 0.252 e. The summed E-state index contributed by atoms with van der Waals surface area (Å²) >= 11 is 0. The lowest BCUT2D eigenvalue weighted by molar-refractivity contribution is -0.0619. The van der Waals surface area contributed by atoms with E-state index in [1.165, 1.54) is 0 Å². The maximum atomic E-state index is 17.3. The zero-order valence-corrected chi connectivity index (χ0v) is 21.3. The number of benzene rings is 3. The smallest absolute Gasteiger partial charge is 0.252 e. The second-order valence-electron chi connectivity index (χ2n) is 12.3. The van der Waals surface area contributed by atoms with Gasteiger partial charge in [0, 0.05) is 46.7 Å². The van der Waals surface area contributed by atoms with E-state index in [1.54, 1.807) is 21.9 Å². The molecule has 0 amide bonds. The Morgan fingerprint density at radius 1 is 0.658 bits per heavy atom. The van der Waals surface area contributed by atoms with E-state index in [9.17, 15) is 0 Å². The molecule has 3 aromatic carbocycles. The minimum absolute atomic E-state index is 0.0933. The van der Waals surface area contributed by atoms with E-state index in [1.807, 2.05) is 43.3 Å². The number of halogens is 4. The molecule has 4 heterocycles. The van der Waals surface area contributed by atoms with Gasteiger partial charge in [0.2, 0.25) is 11.6 Å². The van der Waals surface area contributed by atoms with E-state index in [4.69, 9.17) is 0 Å². The molecule has 7 heteroatoms. The molecule has 4 unspecified atom stereocenters. The molecule has 2 saturated carbocycles. The quantitative estimate of drug-likeness (QED) is 0.199. The third-order valence-electron chi connectivity index (χ3n) is 10.6. The molecule has 9 rings (SSSR count). The highest BCUT2D eigenvalue weighted by Crippen LogP contribution is 2.66. The second kappa shape index (κ2) is 6.43. The normalized spacial score (nSPS) is 34.9. The average Bonchev–Trinajstić information content (AvgIpc) is 3.25. The first-order chi connectivity index (χ1) is 18.2. The Balaban J connectivity index is 1.43. The third kappa shape index (κ3) is 2.04. The Kier molecular flexibility index (Phi) is 3.71. The van der Waals surface area contributed by atoms with Crippen molar-refractivity contribution in [2.45, 2.75) is 81.2 Å². The SMILES string of the molecule is Cc1cc2c3c(c1)N1c4c(cccc4C4(F)CCCCC14F)B3c1cccc3c1N2C1(F)CCCCC31F. The summed E-state index contributed by atoms with van der Waals surface area (Å²) in [6.07, 6.45) is 2.95. The van der Waals surface area contributed by atoms with Gasteiger partial charge in [-0.3, -0.25) is 0 Å². The first-order valence-corrected chi connectivity index (χ1v) is 14.0. The van der Waals surface area contributed by atoms with Crippen LogP contribution >= 0.6 is 0 Å². The van der Waals surface area contributed by atoms with Crippen LogP contribution in [0.3, 0.4) is 0 Å². The molecule has 0 spiro atoms. The number of rotatable bonds is 0. The predicted molar refractivity (Wildman–Crippen MR) is 143 cm³/mol. The fourth-order valence-corrected chi connectivity index (χ4v) is 9.10. The zero-order chi connectivity index (χ0) is 25.8. The molecule has 2 fully saturated rings. The summed E-state index contributed by atoms with van der Waals surface area (Å²) in [5.41, 5.74) is 2.27. The summed E-state index contributed by atoms with van der Waals surface area (Å²) in [6.45, 7) is 1.56. The molecule has 0 N–H and O–H groups in total. The number of anilines is 4. The summed E-state index contributed by atoms with van der Waals surface area (Å²) in [5.74, 6) is -4.43. The molecule has 3 aromatic rings. The molecule has 0 radical (unpaired) electrons. The van der Waals surface area contributed by atoms with Gasteiger partial charge < -0.3 is 9.80 Å². The van der Waals surface area contributed by atoms with Gasteiger partial charge in [0.1, 0.15) is 0 Å². The van der Waals surface area contributed by atoms with Crippen LogP contribution in [0, 0.1) is 6.92 Å². The molecule has 0 aromatic heterocycles. The molecule has 38 heavy (non-hydrogen) atoms. The molecular formula is C31H27BF4N2. The van der Waals surface area contributed by atoms with Crippen molar-refractivity contribution in [1.82, 2.24) is 0 Å². The van der Waals surface area contributed by atoms with E-state index in [2.05, 4.69) is 0 Å². The fourth-order valence-electron chi connectivity index (χ4n) is 9.10. The van der Waals surface area contributed by atoms with Crippen molar-refractivity contribution in [2.75, 3.05) is 9.80 Å². The Bertz CT molecular complexity index is 1500. The number of aryl methyl sites for hydroxylation is 1. The van der Waals surface area contributed by atoms with E-state index in [-0.39, 0.29) is 32.4 Å². The minimum atomic E-state index is -2.22. The maximum absolute atomic E-state index is 17.3. The Labute approximate surface area is 219 Å². The highest BCUT2D eigenvalue weighted by molar-refractivity contribution is 7.00. The summed E-state index contributed by atoms with van der Waals surface area (Å²) in [7, 11) is 0. The van der Waals surface area contributed by atoms with Crippen LogP contribution in [0.1, 0.15) is 68.1 Å². The highest BCUT2D eigenvalue weighted by atomic mass is 19.2. The van der Waals surface area contributed by atoms with Crippen LogP contribution in [-0.4, -0.2) is 18.3 Å². The van der Waals surface area contributed by atoms with E-state index in [0.717, 1.165) is 22.0 Å². The topological polar surface area (TPSA) is 6.48 Å². The standard InChI is InChI=1S/C31H27BF4N2/c1-18-16-23-25-24(17-18)38-27-20(29(34)13-3-5-15-31(29,38)36)9-7-11-22(27)32(25)21-10-6-8-19-26(21)37(23)30(35)14-4-2-12-28(19,30)33/h6-11,16-17H,2-5,12-15H2,1H3. The van der Waals surface area contributed by atoms with Crippen LogP contribution in [0.2, 0.25) is 0 Å². The lowest BCUT2D eigenvalue weighted by Gasteiger charge is -2.49. The monoisotopic (exact) mass is 514 g/mol. The third-order valence-corrected chi connectivity index (χ3v) is 10.6. The Morgan fingerprint density at radius 3 is 1.58 bits per heavy atom. The van der Waals surface area contributed by atoms with Gasteiger partial charge >= 0.3 is 0 Å². The number of hydrogen-bond donors (Lipinski definition) is 0. The van der Waals surface area contributed by atoms with Crippen molar-refractivity contribution in [2.24, 2.45) is 0 Å². The predicted octanol–water partition coefficient (Wildman–Crippen LogP) is 6.25. The van der Waals surface area contributed by atoms with Crippen LogP contribution in [0.4, 0.5) is 40.3 Å². The van der Waals surface area contributed by atoms with Gasteiger partial charge in [0.05, 0.1) is 0 Å². The molecule has 6 aliphatic rings. The average molecular weight is 514 g/mol. The van der Waals surface area contributed by atoms with Crippen molar-refractivity contribution in [3.63, 3.8) is 0 Å². The number of hydrogen-bond acceptors (Lipinski definition) is 2. The largest absolute Gasteiger partial charge is 0.306 e. The van der Waals surface area contributed by atoms with Crippen LogP contribution < -0.4 is 26.2 Å². The van der Waals surface area contributed by atoms with Crippen LogP contribution in [-0.2, 0) is 11.3 Å². The molecule has 192 valence electrons. The van der Waals surface area contributed by atoms with E-state index in [0.29, 0.717) is 59.6 Å². The minimum Gasteiger partial charge on any atom is -0.306 e. The molecule has 2 nitrogen and oxygen atoms in total. The Hall–Kier alpha value is -2.96. The molecule has 4 aliphatic heterocycles. The van der Waals surface area contributed by atoms with Crippen molar-refractivity contribution in [1.29, 1.82) is 0 Å². The summed E-state index contributed by atoms with van der Waals surface area (Å²) in [4.78, 5) is 3.22. The fraction of sp³-hybridized carbons (Fsp3) is 0.419. The Morgan fingerprint density at radius 2 is 1.11 bits per heavy atom. The van der Waals surface area contributed by atoms with Crippen molar-refractivity contribution in [3.8, 4) is 0 Å². The van der Waals surface area contributed by atoms with Gasteiger partial charge in [0.15, 0.2) is 11.3 Å². The second-order valence-corrected chi connectivity index (χ2v) is 12.3. The van der Waals surface area contributed by atoms with Crippen LogP contribution in [0.15, 0.2) is 48.5 Å². The molecule has 0 bridgehead atoms. The summed E-state index contributed by atoms with van der Waals surface area (Å²) in [5, 5.41) is 0. The van der Waals surface area contributed by atoms with Gasteiger partial charge in [-0.15, -0.1) is 0 Å². The van der Waals surface area contributed by atoms with Gasteiger partial charge in [0.25, 0.3) is 6.71 Å². The van der Waals surface area contributed by atoms with Gasteiger partial charge in [-0.25, -0.2) is 17.6 Å². The number of alkyl halides is 4. The van der Waals surface area contributed by atoms with Gasteiger partial charge in [-0.2, -0.15) is 0 Å². The lowest BCUT2D eigenvalue weighted by Crippen LogP contribution is -2.66. The van der Waals surface area contributed by atoms with Crippen molar-refractivity contribution >= 4 is 45.9 Å². The lowest BCUT2D eigenvalue weighted by atomic mass is 9.33. The molecule has 0 saturated heterocycles. The number of nitrogens with zero attached hydrogens (tertiary/aromatic N) is 2. The number of fused-ring (bicyclic) bond motifs is 10.